The molecule has 106 valence electrons. The lowest BCUT2D eigenvalue weighted by molar-refractivity contribution is 0.277. The van der Waals surface area contributed by atoms with E-state index < -0.39 is 0 Å². The number of aliphatic hydroxyl groups excluding tert-OH is 1. The number of benzene rings is 1. The summed E-state index contributed by atoms with van der Waals surface area (Å²) in [6.45, 7) is -0.322. The summed E-state index contributed by atoms with van der Waals surface area (Å²) in [5.41, 5.74) is 1.01. The maximum Gasteiger partial charge on any atom is 0.0868 e. The Morgan fingerprint density at radius 1 is 0.800 bits per heavy atom. The largest absolute Gasteiger partial charge is 0.390 e. The first-order chi connectivity index (χ1) is 9.38. The van der Waals surface area contributed by atoms with Gasteiger partial charge < -0.3 is 5.11 Å². The lowest BCUT2D eigenvalue weighted by Gasteiger charge is -2.13. The quantitative estimate of drug-likeness (QED) is 0.491. The van der Waals surface area contributed by atoms with Gasteiger partial charge in [0.1, 0.15) is 0 Å². The van der Waals surface area contributed by atoms with Crippen LogP contribution in [-0.4, -0.2) is 10.1 Å². The SMILES string of the molecule is OCc1nc(-c2c(Cl)c(Cl)c(Cl)c(Cl)c2Cl)ccc1Cl. The second-order valence-corrected chi connectivity index (χ2v) is 6.03. The highest BCUT2D eigenvalue weighted by atomic mass is 35.5. The van der Waals surface area contributed by atoms with Gasteiger partial charge in [-0.3, -0.25) is 0 Å². The zero-order chi connectivity index (χ0) is 15.0. The molecule has 0 aliphatic heterocycles. The van der Waals surface area contributed by atoms with E-state index in [1.807, 2.05) is 0 Å². The van der Waals surface area contributed by atoms with Crippen LogP contribution in [0.15, 0.2) is 12.1 Å². The summed E-state index contributed by atoms with van der Waals surface area (Å²) in [4.78, 5) is 4.18. The van der Waals surface area contributed by atoms with Crippen molar-refractivity contribution in [3.63, 3.8) is 0 Å². The van der Waals surface area contributed by atoms with Gasteiger partial charge in [-0.25, -0.2) is 4.98 Å². The molecule has 0 radical (unpaired) electrons. The van der Waals surface area contributed by atoms with E-state index in [2.05, 4.69) is 4.98 Å². The fourth-order valence-corrected chi connectivity index (χ4v) is 3.06. The van der Waals surface area contributed by atoms with E-state index in [0.717, 1.165) is 0 Å². The van der Waals surface area contributed by atoms with Crippen LogP contribution in [0.3, 0.4) is 0 Å². The number of halogens is 6. The smallest absolute Gasteiger partial charge is 0.0868 e. The Bertz CT molecular complexity index is 659. The monoisotopic (exact) mass is 389 g/mol. The number of aliphatic hydroxyl groups is 1. The number of pyridine rings is 1. The zero-order valence-corrected chi connectivity index (χ0v) is 14.1. The summed E-state index contributed by atoms with van der Waals surface area (Å²) in [5, 5.41) is 10.0. The van der Waals surface area contributed by atoms with Gasteiger partial charge in [-0.05, 0) is 12.1 Å². The van der Waals surface area contributed by atoms with Crippen LogP contribution in [0, 0.1) is 0 Å². The van der Waals surface area contributed by atoms with Crippen LogP contribution in [0.5, 0.6) is 0 Å². The van der Waals surface area contributed by atoms with E-state index in [1.54, 1.807) is 12.1 Å². The molecular formula is C12H5Cl6NO. The topological polar surface area (TPSA) is 33.1 Å². The summed E-state index contributed by atoms with van der Waals surface area (Å²) in [6.07, 6.45) is 0. The Morgan fingerprint density at radius 3 is 1.80 bits per heavy atom. The van der Waals surface area contributed by atoms with Gasteiger partial charge in [-0.1, -0.05) is 69.6 Å². The average molecular weight is 392 g/mol. The van der Waals surface area contributed by atoms with Crippen LogP contribution in [0.4, 0.5) is 0 Å². The minimum atomic E-state index is -0.322. The van der Waals surface area contributed by atoms with Crippen molar-refractivity contribution in [2.45, 2.75) is 6.61 Å². The molecule has 0 bridgehead atoms. The molecule has 0 fully saturated rings. The van der Waals surface area contributed by atoms with Gasteiger partial charge in [0, 0.05) is 5.56 Å². The van der Waals surface area contributed by atoms with E-state index >= 15 is 0 Å². The maximum atomic E-state index is 9.20. The molecule has 1 N–H and O–H groups in total. The third-order valence-electron chi connectivity index (χ3n) is 2.53. The van der Waals surface area contributed by atoms with Crippen LogP contribution >= 0.6 is 69.6 Å². The second-order valence-electron chi connectivity index (χ2n) is 3.73. The average Bonchev–Trinajstić information content (AvgIpc) is 2.45. The van der Waals surface area contributed by atoms with Crippen LogP contribution in [0.2, 0.25) is 30.1 Å². The Hall–Kier alpha value is 0.0700. The van der Waals surface area contributed by atoms with E-state index in [9.17, 15) is 5.11 Å². The molecule has 0 atom stereocenters. The number of nitrogens with zero attached hydrogens (tertiary/aromatic N) is 1. The fourth-order valence-electron chi connectivity index (χ4n) is 1.56. The summed E-state index contributed by atoms with van der Waals surface area (Å²) >= 11 is 36.1. The van der Waals surface area contributed by atoms with E-state index in [1.165, 1.54) is 0 Å². The molecule has 0 aliphatic rings. The molecule has 1 heterocycles. The van der Waals surface area contributed by atoms with Crippen molar-refractivity contribution in [2.75, 3.05) is 0 Å². The Kier molecular flexibility index (Phi) is 5.30. The highest BCUT2D eigenvalue weighted by Crippen LogP contribution is 2.47. The predicted molar refractivity (Wildman–Crippen MR) is 85.7 cm³/mol. The number of hydrogen-bond donors (Lipinski definition) is 1. The molecule has 0 spiro atoms. The Morgan fingerprint density at radius 2 is 1.30 bits per heavy atom. The first-order valence-electron chi connectivity index (χ1n) is 5.16. The first-order valence-corrected chi connectivity index (χ1v) is 7.43. The lowest BCUT2D eigenvalue weighted by atomic mass is 10.1. The zero-order valence-electron chi connectivity index (χ0n) is 9.52. The summed E-state index contributed by atoms with van der Waals surface area (Å²) in [6, 6.07) is 3.16. The Balaban J connectivity index is 2.76. The highest BCUT2D eigenvalue weighted by molar-refractivity contribution is 6.56. The van der Waals surface area contributed by atoms with Crippen molar-refractivity contribution < 1.29 is 5.11 Å². The molecule has 1 aromatic heterocycles. The van der Waals surface area contributed by atoms with Gasteiger partial charge in [0.2, 0.25) is 0 Å². The third-order valence-corrected chi connectivity index (χ3v) is 5.16. The van der Waals surface area contributed by atoms with Crippen LogP contribution in [0.1, 0.15) is 5.69 Å². The molecular weight excluding hydrogens is 387 g/mol. The molecule has 20 heavy (non-hydrogen) atoms. The highest BCUT2D eigenvalue weighted by Gasteiger charge is 2.21. The second kappa shape index (κ2) is 6.45. The van der Waals surface area contributed by atoms with E-state index in [-0.39, 0.29) is 31.7 Å². The lowest BCUT2D eigenvalue weighted by Crippen LogP contribution is -1.95. The molecule has 0 saturated carbocycles. The van der Waals surface area contributed by atoms with Crippen LogP contribution < -0.4 is 0 Å². The fraction of sp³-hybridized carbons (Fsp3) is 0.0833. The van der Waals surface area contributed by atoms with Gasteiger partial charge in [0.25, 0.3) is 0 Å². The van der Waals surface area contributed by atoms with Crippen molar-refractivity contribution in [1.29, 1.82) is 0 Å². The first kappa shape index (κ1) is 16.4. The number of rotatable bonds is 2. The van der Waals surface area contributed by atoms with Gasteiger partial charge in [0.15, 0.2) is 0 Å². The van der Waals surface area contributed by atoms with Gasteiger partial charge in [0.05, 0.1) is 48.1 Å². The van der Waals surface area contributed by atoms with Crippen LogP contribution in [-0.2, 0) is 6.61 Å². The van der Waals surface area contributed by atoms with Crippen molar-refractivity contribution in [2.24, 2.45) is 0 Å². The van der Waals surface area contributed by atoms with E-state index in [0.29, 0.717) is 22.0 Å². The normalized spacial score (nSPS) is 10.9. The summed E-state index contributed by atoms with van der Waals surface area (Å²) in [7, 11) is 0. The number of hydrogen-bond acceptors (Lipinski definition) is 2. The maximum absolute atomic E-state index is 9.20. The molecule has 2 rings (SSSR count). The molecule has 0 aliphatic carbocycles. The van der Waals surface area contributed by atoms with Crippen LogP contribution in [0.25, 0.3) is 11.3 Å². The summed E-state index contributed by atoms with van der Waals surface area (Å²) in [5.74, 6) is 0. The third kappa shape index (κ3) is 2.84. The minimum absolute atomic E-state index is 0.0726. The molecule has 0 saturated heterocycles. The standard InChI is InChI=1S/C12H5Cl6NO/c13-4-1-2-5(19-6(4)3-20)7-8(14)10(16)12(18)11(17)9(7)15/h1-2,20H,3H2. The Labute approximate surface area is 145 Å². The molecule has 0 amide bonds. The molecule has 1 aromatic carbocycles. The van der Waals surface area contributed by atoms with Crippen molar-refractivity contribution in [3.05, 3.63) is 48.0 Å². The van der Waals surface area contributed by atoms with Crippen molar-refractivity contribution >= 4 is 69.6 Å². The van der Waals surface area contributed by atoms with Gasteiger partial charge >= 0.3 is 0 Å². The minimum Gasteiger partial charge on any atom is -0.390 e. The van der Waals surface area contributed by atoms with Crippen molar-refractivity contribution in [1.82, 2.24) is 4.98 Å². The van der Waals surface area contributed by atoms with Crippen molar-refractivity contribution in [3.8, 4) is 11.3 Å². The van der Waals surface area contributed by atoms with Gasteiger partial charge in [-0.2, -0.15) is 0 Å². The number of aromatic nitrogens is 1. The summed E-state index contributed by atoms with van der Waals surface area (Å²) < 4.78 is 0. The molecule has 2 aromatic rings. The van der Waals surface area contributed by atoms with Gasteiger partial charge in [-0.15, -0.1) is 0 Å². The molecule has 8 heteroatoms. The predicted octanol–water partition coefficient (Wildman–Crippen LogP) is 6.16. The molecule has 0 unspecified atom stereocenters. The van der Waals surface area contributed by atoms with E-state index in [4.69, 9.17) is 69.6 Å². The molecule has 2 nitrogen and oxygen atoms in total.